The molecule has 1 rings (SSSR count). The zero-order chi connectivity index (χ0) is 19.7. The SMILES string of the molecule is C.COC(=O)c1cccc(OCCCCC(=O)OC(C)(C)C)c1C(=O)OC. The van der Waals surface area contributed by atoms with E-state index in [1.165, 1.54) is 20.3 Å². The van der Waals surface area contributed by atoms with Gasteiger partial charge in [0.25, 0.3) is 0 Å². The molecule has 0 unspecified atom stereocenters. The number of rotatable bonds is 8. The van der Waals surface area contributed by atoms with Crippen molar-refractivity contribution in [1.29, 1.82) is 0 Å². The second-order valence-electron chi connectivity index (χ2n) is 6.55. The van der Waals surface area contributed by atoms with Crippen LogP contribution in [0.15, 0.2) is 18.2 Å². The highest BCUT2D eigenvalue weighted by Gasteiger charge is 2.23. The number of esters is 3. The number of benzene rings is 1. The molecule has 0 heterocycles. The summed E-state index contributed by atoms with van der Waals surface area (Å²) in [4.78, 5) is 35.5. The van der Waals surface area contributed by atoms with Crippen LogP contribution in [0.25, 0.3) is 0 Å². The fourth-order valence-corrected chi connectivity index (χ4v) is 2.19. The van der Waals surface area contributed by atoms with Crippen LogP contribution in [0.1, 0.15) is 68.2 Å². The molecule has 0 aromatic heterocycles. The standard InChI is InChI=1S/C19H26O7.CH4/c1-19(2,3)26-15(20)11-6-7-12-25-14-10-8-9-13(17(21)23-4)16(14)18(22)24-5;/h8-10H,6-7,11-12H2,1-5H3;1H4. The van der Waals surface area contributed by atoms with Gasteiger partial charge in [0.1, 0.15) is 16.9 Å². The van der Waals surface area contributed by atoms with E-state index < -0.39 is 17.5 Å². The lowest BCUT2D eigenvalue weighted by Crippen LogP contribution is -2.23. The van der Waals surface area contributed by atoms with Crippen LogP contribution in [0.4, 0.5) is 0 Å². The van der Waals surface area contributed by atoms with Gasteiger partial charge in [-0.05, 0) is 45.7 Å². The topological polar surface area (TPSA) is 88.1 Å². The Morgan fingerprint density at radius 3 is 2.15 bits per heavy atom. The van der Waals surface area contributed by atoms with Crippen LogP contribution in [0.5, 0.6) is 5.75 Å². The lowest BCUT2D eigenvalue weighted by Gasteiger charge is -2.19. The van der Waals surface area contributed by atoms with Gasteiger partial charge in [0.2, 0.25) is 0 Å². The van der Waals surface area contributed by atoms with Gasteiger partial charge in [-0.25, -0.2) is 9.59 Å². The van der Waals surface area contributed by atoms with E-state index in [-0.39, 0.29) is 43.3 Å². The first-order chi connectivity index (χ1) is 12.2. The highest BCUT2D eigenvalue weighted by molar-refractivity contribution is 6.05. The van der Waals surface area contributed by atoms with Crippen molar-refractivity contribution in [3.05, 3.63) is 29.3 Å². The van der Waals surface area contributed by atoms with Crippen LogP contribution in [-0.2, 0) is 19.0 Å². The van der Waals surface area contributed by atoms with Crippen molar-refractivity contribution >= 4 is 17.9 Å². The fourth-order valence-electron chi connectivity index (χ4n) is 2.19. The zero-order valence-corrected chi connectivity index (χ0v) is 15.9. The summed E-state index contributed by atoms with van der Waals surface area (Å²) in [5.41, 5.74) is -0.406. The minimum Gasteiger partial charge on any atom is -0.493 e. The molecule has 0 spiro atoms. The average molecular weight is 382 g/mol. The van der Waals surface area contributed by atoms with Crippen molar-refractivity contribution in [2.24, 2.45) is 0 Å². The van der Waals surface area contributed by atoms with Crippen LogP contribution in [0.2, 0.25) is 0 Å². The molecule has 27 heavy (non-hydrogen) atoms. The molecule has 0 aliphatic heterocycles. The Balaban J connectivity index is 0.00000676. The van der Waals surface area contributed by atoms with Gasteiger partial charge >= 0.3 is 17.9 Å². The van der Waals surface area contributed by atoms with Gasteiger partial charge in [0.05, 0.1) is 26.4 Å². The predicted molar refractivity (Wildman–Crippen MR) is 101 cm³/mol. The minimum atomic E-state index is -0.685. The van der Waals surface area contributed by atoms with E-state index in [9.17, 15) is 14.4 Å². The molecule has 0 atom stereocenters. The van der Waals surface area contributed by atoms with Crippen molar-refractivity contribution < 1.29 is 33.3 Å². The molecule has 152 valence electrons. The number of carbonyl (C=O) groups is 3. The summed E-state index contributed by atoms with van der Waals surface area (Å²) < 4.78 is 20.3. The molecule has 0 amide bonds. The van der Waals surface area contributed by atoms with Gasteiger partial charge in [0, 0.05) is 6.42 Å². The number of hydrogen-bond donors (Lipinski definition) is 0. The summed E-state index contributed by atoms with van der Waals surface area (Å²) in [5.74, 6) is -1.37. The lowest BCUT2D eigenvalue weighted by atomic mass is 10.1. The van der Waals surface area contributed by atoms with E-state index in [1.807, 2.05) is 20.8 Å². The Morgan fingerprint density at radius 2 is 1.59 bits per heavy atom. The largest absolute Gasteiger partial charge is 0.493 e. The highest BCUT2D eigenvalue weighted by Crippen LogP contribution is 2.24. The van der Waals surface area contributed by atoms with Gasteiger partial charge in [-0.1, -0.05) is 13.5 Å². The first kappa shape index (κ1) is 24.4. The molecule has 1 aromatic rings. The van der Waals surface area contributed by atoms with Crippen molar-refractivity contribution in [2.75, 3.05) is 20.8 Å². The Bertz CT molecular complexity index is 644. The number of unbranched alkanes of at least 4 members (excludes halogenated alkanes) is 1. The van der Waals surface area contributed by atoms with E-state index in [4.69, 9.17) is 14.2 Å². The van der Waals surface area contributed by atoms with Crippen LogP contribution in [0, 0.1) is 0 Å². The Morgan fingerprint density at radius 1 is 0.963 bits per heavy atom. The van der Waals surface area contributed by atoms with Crippen molar-refractivity contribution in [2.45, 2.75) is 53.1 Å². The van der Waals surface area contributed by atoms with Gasteiger partial charge < -0.3 is 18.9 Å². The molecule has 0 bridgehead atoms. The second-order valence-corrected chi connectivity index (χ2v) is 6.55. The maximum Gasteiger partial charge on any atom is 0.342 e. The minimum absolute atomic E-state index is 0. The third-order valence-electron chi connectivity index (χ3n) is 3.27. The third kappa shape index (κ3) is 8.11. The van der Waals surface area contributed by atoms with E-state index in [2.05, 4.69) is 4.74 Å². The van der Waals surface area contributed by atoms with Gasteiger partial charge in [-0.2, -0.15) is 0 Å². The smallest absolute Gasteiger partial charge is 0.342 e. The number of hydrogen-bond acceptors (Lipinski definition) is 7. The maximum atomic E-state index is 12.0. The summed E-state index contributed by atoms with van der Waals surface area (Å²) in [6.45, 7) is 5.72. The van der Waals surface area contributed by atoms with E-state index in [0.717, 1.165) is 0 Å². The summed E-state index contributed by atoms with van der Waals surface area (Å²) >= 11 is 0. The first-order valence-corrected chi connectivity index (χ1v) is 8.34. The van der Waals surface area contributed by atoms with Crippen LogP contribution in [0.3, 0.4) is 0 Å². The van der Waals surface area contributed by atoms with Crippen LogP contribution in [-0.4, -0.2) is 44.3 Å². The average Bonchev–Trinajstić information content (AvgIpc) is 2.58. The normalized spacial score (nSPS) is 10.4. The van der Waals surface area contributed by atoms with Crippen molar-refractivity contribution in [3.8, 4) is 5.75 Å². The Labute approximate surface area is 160 Å². The molecule has 0 aliphatic rings. The number of carbonyl (C=O) groups excluding carboxylic acids is 3. The van der Waals surface area contributed by atoms with Gasteiger partial charge in [0.15, 0.2) is 0 Å². The molecule has 0 N–H and O–H groups in total. The molecule has 0 aliphatic carbocycles. The summed E-state index contributed by atoms with van der Waals surface area (Å²) in [6, 6.07) is 4.63. The highest BCUT2D eigenvalue weighted by atomic mass is 16.6. The molecule has 0 radical (unpaired) electrons. The van der Waals surface area contributed by atoms with E-state index >= 15 is 0 Å². The molecule has 1 aromatic carbocycles. The molecule has 7 nitrogen and oxygen atoms in total. The number of ether oxygens (including phenoxy) is 4. The molecular weight excluding hydrogens is 352 g/mol. The fraction of sp³-hybridized carbons (Fsp3) is 0.550. The quantitative estimate of drug-likeness (QED) is 0.384. The molecule has 0 saturated heterocycles. The number of methoxy groups -OCH3 is 2. The Kier molecular flexibility index (Phi) is 10.1. The van der Waals surface area contributed by atoms with Gasteiger partial charge in [-0.3, -0.25) is 4.79 Å². The van der Waals surface area contributed by atoms with Crippen molar-refractivity contribution in [3.63, 3.8) is 0 Å². The maximum absolute atomic E-state index is 12.0. The first-order valence-electron chi connectivity index (χ1n) is 8.34. The van der Waals surface area contributed by atoms with Crippen LogP contribution >= 0.6 is 0 Å². The van der Waals surface area contributed by atoms with E-state index in [0.29, 0.717) is 12.8 Å². The lowest BCUT2D eigenvalue weighted by molar-refractivity contribution is -0.154. The summed E-state index contributed by atoms with van der Waals surface area (Å²) in [6.07, 6.45) is 1.45. The molecule has 0 fully saturated rings. The third-order valence-corrected chi connectivity index (χ3v) is 3.27. The summed E-state index contributed by atoms with van der Waals surface area (Å²) in [7, 11) is 2.45. The van der Waals surface area contributed by atoms with E-state index in [1.54, 1.807) is 12.1 Å². The van der Waals surface area contributed by atoms with Crippen molar-refractivity contribution in [1.82, 2.24) is 0 Å². The molecular formula is C20H30O7. The Hall–Kier alpha value is -2.57. The zero-order valence-electron chi connectivity index (χ0n) is 15.9. The van der Waals surface area contributed by atoms with Gasteiger partial charge in [-0.15, -0.1) is 0 Å². The monoisotopic (exact) mass is 382 g/mol. The molecule has 7 heteroatoms. The molecule has 0 saturated carbocycles. The predicted octanol–water partition coefficient (Wildman–Crippen LogP) is 3.79. The second kappa shape index (κ2) is 11.2. The van der Waals surface area contributed by atoms with Crippen LogP contribution < -0.4 is 4.74 Å². The summed E-state index contributed by atoms with van der Waals surface area (Å²) in [5, 5.41) is 0.